The van der Waals surface area contributed by atoms with E-state index < -0.39 is 0 Å². The molecule has 1 aliphatic rings. The smallest absolute Gasteiger partial charge is 0.183 e. The largest absolute Gasteiger partial charge is 0.272 e. The van der Waals surface area contributed by atoms with Crippen molar-refractivity contribution in [2.45, 2.75) is 32.1 Å². The summed E-state index contributed by atoms with van der Waals surface area (Å²) in [6, 6.07) is 0. The summed E-state index contributed by atoms with van der Waals surface area (Å²) in [6.07, 6.45) is 12.3. The zero-order chi connectivity index (χ0) is 10.9. The molecule has 15 heavy (non-hydrogen) atoms. The monoisotopic (exact) mass is 223 g/mol. The van der Waals surface area contributed by atoms with Crippen LogP contribution in [-0.2, 0) is 0 Å². The van der Waals surface area contributed by atoms with E-state index in [9.17, 15) is 0 Å². The number of amidine groups is 1. The van der Waals surface area contributed by atoms with Gasteiger partial charge < -0.3 is 0 Å². The number of hydrogen-bond donors (Lipinski definition) is 1. The lowest BCUT2D eigenvalue weighted by atomic mass is 9.97. The first-order valence-corrected chi connectivity index (χ1v) is 6.50. The Morgan fingerprint density at radius 3 is 3.13 bits per heavy atom. The van der Waals surface area contributed by atoms with Gasteiger partial charge in [-0.1, -0.05) is 23.4 Å². The number of nitriles is 1. The summed E-state index contributed by atoms with van der Waals surface area (Å²) >= 11 is 1.48. The minimum Gasteiger partial charge on any atom is -0.272 e. The summed E-state index contributed by atoms with van der Waals surface area (Å²) in [5.41, 5.74) is 1.53. The predicted octanol–water partition coefficient (Wildman–Crippen LogP) is 2.67. The van der Waals surface area contributed by atoms with Crippen LogP contribution in [0.2, 0.25) is 0 Å². The standard InChI is InChI=1S/C11H17N3S/c1-15-11(14-9-12)13-8-7-10-5-3-2-4-6-10/h5H,2-4,6-8H2,1H3,(H,13,14). The van der Waals surface area contributed by atoms with Gasteiger partial charge in [-0.15, -0.1) is 0 Å². The average molecular weight is 223 g/mol. The number of aliphatic imine (C=N–C) groups is 1. The molecule has 3 nitrogen and oxygen atoms in total. The van der Waals surface area contributed by atoms with Crippen LogP contribution in [0.4, 0.5) is 0 Å². The highest BCUT2D eigenvalue weighted by molar-refractivity contribution is 8.13. The molecule has 0 amide bonds. The van der Waals surface area contributed by atoms with Gasteiger partial charge in [0.05, 0.1) is 0 Å². The van der Waals surface area contributed by atoms with Crippen LogP contribution in [0, 0.1) is 11.5 Å². The topological polar surface area (TPSA) is 48.2 Å². The van der Waals surface area contributed by atoms with Gasteiger partial charge in [0.2, 0.25) is 0 Å². The fourth-order valence-corrected chi connectivity index (χ4v) is 2.00. The van der Waals surface area contributed by atoms with E-state index in [2.05, 4.69) is 16.4 Å². The van der Waals surface area contributed by atoms with Crippen molar-refractivity contribution in [1.82, 2.24) is 5.32 Å². The SMILES string of the molecule is CSC(=NCCC1=CCCCC1)NC#N. The third-order valence-corrected chi connectivity index (χ3v) is 3.05. The van der Waals surface area contributed by atoms with Crippen molar-refractivity contribution < 1.29 is 0 Å². The maximum atomic E-state index is 8.45. The molecule has 1 rings (SSSR count). The third-order valence-electron chi connectivity index (χ3n) is 2.43. The second-order valence-corrected chi connectivity index (χ2v) is 4.28. The molecule has 0 aliphatic heterocycles. The lowest BCUT2D eigenvalue weighted by Gasteiger charge is -2.11. The Labute approximate surface area is 95.7 Å². The van der Waals surface area contributed by atoms with E-state index in [1.165, 1.54) is 43.0 Å². The molecule has 0 aromatic rings. The second kappa shape index (κ2) is 7.36. The zero-order valence-electron chi connectivity index (χ0n) is 9.12. The Morgan fingerprint density at radius 2 is 2.53 bits per heavy atom. The van der Waals surface area contributed by atoms with Crippen LogP contribution in [0.15, 0.2) is 16.6 Å². The van der Waals surface area contributed by atoms with Crippen LogP contribution in [0.5, 0.6) is 0 Å². The van der Waals surface area contributed by atoms with E-state index in [1.807, 2.05) is 12.4 Å². The van der Waals surface area contributed by atoms with Gasteiger partial charge in [0, 0.05) is 6.54 Å². The van der Waals surface area contributed by atoms with Crippen LogP contribution in [-0.4, -0.2) is 18.0 Å². The van der Waals surface area contributed by atoms with Crippen molar-refractivity contribution in [2.24, 2.45) is 4.99 Å². The van der Waals surface area contributed by atoms with E-state index in [1.54, 1.807) is 0 Å². The summed E-state index contributed by atoms with van der Waals surface area (Å²) in [7, 11) is 0. The van der Waals surface area contributed by atoms with Crippen molar-refractivity contribution >= 4 is 16.9 Å². The second-order valence-electron chi connectivity index (χ2n) is 3.49. The first-order chi connectivity index (χ1) is 7.36. The lowest BCUT2D eigenvalue weighted by molar-refractivity contribution is 0.676. The van der Waals surface area contributed by atoms with E-state index in [0.717, 1.165) is 13.0 Å². The van der Waals surface area contributed by atoms with E-state index in [0.29, 0.717) is 5.17 Å². The Balaban J connectivity index is 2.30. The van der Waals surface area contributed by atoms with Gasteiger partial charge in [-0.25, -0.2) is 0 Å². The number of thioether (sulfide) groups is 1. The summed E-state index contributed by atoms with van der Waals surface area (Å²) in [4.78, 5) is 4.33. The molecule has 0 heterocycles. The van der Waals surface area contributed by atoms with E-state index in [4.69, 9.17) is 5.26 Å². The molecule has 0 saturated heterocycles. The van der Waals surface area contributed by atoms with Gasteiger partial charge in [-0.05, 0) is 38.4 Å². The van der Waals surface area contributed by atoms with Gasteiger partial charge in [0.1, 0.15) is 0 Å². The van der Waals surface area contributed by atoms with Gasteiger partial charge in [0.15, 0.2) is 11.4 Å². The highest BCUT2D eigenvalue weighted by Crippen LogP contribution is 2.19. The van der Waals surface area contributed by atoms with Crippen LogP contribution in [0.1, 0.15) is 32.1 Å². The molecule has 0 radical (unpaired) electrons. The van der Waals surface area contributed by atoms with Crippen molar-refractivity contribution in [3.05, 3.63) is 11.6 Å². The minimum atomic E-state index is 0.717. The molecule has 0 aromatic heterocycles. The summed E-state index contributed by atoms with van der Waals surface area (Å²) in [6.45, 7) is 0.788. The number of allylic oxidation sites excluding steroid dienone is 1. The Kier molecular flexibility index (Phi) is 5.94. The molecule has 1 aliphatic carbocycles. The first kappa shape index (κ1) is 12.1. The normalized spacial score (nSPS) is 16.8. The zero-order valence-corrected chi connectivity index (χ0v) is 9.94. The Hall–Kier alpha value is -0.950. The van der Waals surface area contributed by atoms with Gasteiger partial charge >= 0.3 is 0 Å². The Bertz CT molecular complexity index is 289. The molecule has 82 valence electrons. The van der Waals surface area contributed by atoms with Gasteiger partial charge in [-0.2, -0.15) is 5.26 Å². The van der Waals surface area contributed by atoms with E-state index >= 15 is 0 Å². The van der Waals surface area contributed by atoms with Crippen molar-refractivity contribution in [2.75, 3.05) is 12.8 Å². The highest BCUT2D eigenvalue weighted by Gasteiger charge is 2.02. The lowest BCUT2D eigenvalue weighted by Crippen LogP contribution is -2.13. The average Bonchev–Trinajstić information content (AvgIpc) is 2.29. The molecule has 4 heteroatoms. The maximum absolute atomic E-state index is 8.45. The van der Waals surface area contributed by atoms with Crippen molar-refractivity contribution in [1.29, 1.82) is 5.26 Å². The Morgan fingerprint density at radius 1 is 1.67 bits per heavy atom. The molecule has 0 spiro atoms. The minimum absolute atomic E-state index is 0.717. The molecule has 0 aromatic carbocycles. The summed E-state index contributed by atoms with van der Waals surface area (Å²) in [5, 5.41) is 11.7. The van der Waals surface area contributed by atoms with Crippen LogP contribution >= 0.6 is 11.8 Å². The van der Waals surface area contributed by atoms with Crippen LogP contribution in [0.3, 0.4) is 0 Å². The van der Waals surface area contributed by atoms with Crippen LogP contribution < -0.4 is 5.32 Å². The van der Waals surface area contributed by atoms with Crippen molar-refractivity contribution in [3.63, 3.8) is 0 Å². The molecule has 0 atom stereocenters. The molecule has 1 N–H and O–H groups in total. The quantitative estimate of drug-likeness (QED) is 0.263. The number of hydrogen-bond acceptors (Lipinski definition) is 3. The third kappa shape index (κ3) is 4.89. The number of nitrogens with zero attached hydrogens (tertiary/aromatic N) is 2. The van der Waals surface area contributed by atoms with Gasteiger partial charge in [-0.3, -0.25) is 10.3 Å². The molecular formula is C11H17N3S. The maximum Gasteiger partial charge on any atom is 0.183 e. The fraction of sp³-hybridized carbons (Fsp3) is 0.636. The molecule has 0 bridgehead atoms. The summed E-state index contributed by atoms with van der Waals surface area (Å²) < 4.78 is 0. The van der Waals surface area contributed by atoms with Crippen molar-refractivity contribution in [3.8, 4) is 6.19 Å². The summed E-state index contributed by atoms with van der Waals surface area (Å²) in [5.74, 6) is 0. The molecule has 0 fully saturated rings. The number of rotatable bonds is 3. The van der Waals surface area contributed by atoms with Crippen LogP contribution in [0.25, 0.3) is 0 Å². The molecule has 0 unspecified atom stereocenters. The van der Waals surface area contributed by atoms with Gasteiger partial charge in [0.25, 0.3) is 0 Å². The fourth-order valence-electron chi connectivity index (χ4n) is 1.64. The molecular weight excluding hydrogens is 206 g/mol. The highest BCUT2D eigenvalue weighted by atomic mass is 32.2. The number of nitrogens with one attached hydrogen (secondary N) is 1. The predicted molar refractivity (Wildman–Crippen MR) is 65.7 cm³/mol. The first-order valence-electron chi connectivity index (χ1n) is 5.28. The molecule has 0 saturated carbocycles. The van der Waals surface area contributed by atoms with E-state index in [-0.39, 0.29) is 0 Å².